The summed E-state index contributed by atoms with van der Waals surface area (Å²) in [4.78, 5) is 21.4. The fourth-order valence-electron chi connectivity index (χ4n) is 5.67. The Bertz CT molecular complexity index is 1500. The Morgan fingerprint density at radius 1 is 0.844 bits per heavy atom. The van der Waals surface area contributed by atoms with E-state index in [0.717, 1.165) is 40.1 Å². The molecule has 0 bridgehead atoms. The Morgan fingerprint density at radius 2 is 1.47 bits per heavy atom. The lowest BCUT2D eigenvalue weighted by Crippen LogP contribution is -2.60. The Morgan fingerprint density at radius 3 is 2.04 bits per heavy atom. The molecule has 1 fully saturated rings. The normalized spacial score (nSPS) is 21.8. The molecule has 0 spiro atoms. The second-order valence-corrected chi connectivity index (χ2v) is 11.4. The molecule has 0 saturated carbocycles. The van der Waals surface area contributed by atoms with Crippen LogP contribution in [0.3, 0.4) is 0 Å². The number of nitrogens with zero attached hydrogens (tertiary/aromatic N) is 2. The largest absolute Gasteiger partial charge is 0.457 e. The molecule has 45 heavy (non-hydrogen) atoms. The molecule has 0 amide bonds. The van der Waals surface area contributed by atoms with E-state index in [-0.39, 0.29) is 6.61 Å². The van der Waals surface area contributed by atoms with Gasteiger partial charge < -0.3 is 29.2 Å². The van der Waals surface area contributed by atoms with Crippen LogP contribution in [0.25, 0.3) is 0 Å². The Kier molecular flexibility index (Phi) is 10.4. The topological polar surface area (TPSA) is 120 Å². The number of carbonyl (C=O) groups is 1. The quantitative estimate of drug-likeness (QED) is 0.240. The zero-order valence-electron chi connectivity index (χ0n) is 26.0. The van der Waals surface area contributed by atoms with Gasteiger partial charge in [-0.05, 0) is 62.1 Å². The molecule has 1 aliphatic rings. The smallest absolute Gasteiger partial charge is 0.303 e. The van der Waals surface area contributed by atoms with Crippen LogP contribution < -0.4 is 0 Å². The zero-order valence-corrected chi connectivity index (χ0v) is 26.0. The molecule has 236 valence electrons. The van der Waals surface area contributed by atoms with Crippen LogP contribution >= 0.6 is 0 Å². The van der Waals surface area contributed by atoms with E-state index in [9.17, 15) is 15.0 Å². The Hall–Kier alpha value is -3.99. The number of methoxy groups -OCH3 is 1. The van der Waals surface area contributed by atoms with Crippen molar-refractivity contribution in [3.63, 3.8) is 0 Å². The molecule has 2 N–H and O–H groups in total. The van der Waals surface area contributed by atoms with Crippen LogP contribution in [0.2, 0.25) is 0 Å². The van der Waals surface area contributed by atoms with E-state index in [1.807, 2.05) is 98.8 Å². The van der Waals surface area contributed by atoms with Gasteiger partial charge >= 0.3 is 5.97 Å². The first-order valence-electron chi connectivity index (χ1n) is 15.1. The van der Waals surface area contributed by atoms with Crippen molar-refractivity contribution in [2.24, 2.45) is 0 Å². The van der Waals surface area contributed by atoms with E-state index in [2.05, 4.69) is 4.98 Å². The Balaban J connectivity index is 1.58. The number of pyridine rings is 2. The lowest BCUT2D eigenvalue weighted by atomic mass is 9.82. The van der Waals surface area contributed by atoms with E-state index in [0.29, 0.717) is 12.1 Å². The highest BCUT2D eigenvalue weighted by Crippen LogP contribution is 2.41. The third-order valence-corrected chi connectivity index (χ3v) is 8.09. The molecule has 9 heteroatoms. The highest BCUT2D eigenvalue weighted by molar-refractivity contribution is 5.66. The van der Waals surface area contributed by atoms with Gasteiger partial charge in [0.05, 0.1) is 12.3 Å². The van der Waals surface area contributed by atoms with E-state index in [1.54, 1.807) is 6.20 Å². The molecule has 5 rings (SSSR count). The summed E-state index contributed by atoms with van der Waals surface area (Å²) in [6.07, 6.45) is -3.02. The molecule has 0 unspecified atom stereocenters. The maximum atomic E-state index is 11.8. The van der Waals surface area contributed by atoms with Gasteiger partial charge in [-0.2, -0.15) is 0 Å². The predicted octanol–water partition coefficient (Wildman–Crippen LogP) is 4.21. The molecule has 9 nitrogen and oxygen atoms in total. The van der Waals surface area contributed by atoms with Crippen LogP contribution in [0.4, 0.5) is 0 Å². The van der Waals surface area contributed by atoms with Gasteiger partial charge in [-0.25, -0.2) is 0 Å². The fourth-order valence-corrected chi connectivity index (χ4v) is 5.67. The van der Waals surface area contributed by atoms with Gasteiger partial charge in [0.15, 0.2) is 18.0 Å². The molecular weight excluding hydrogens is 572 g/mol. The standard InChI is InChI=1S/C36H40N2O7/c1-23-11-15-26(16-12-23)36(27-17-13-24(2)14-18-27,31-10-7-9-29(38-31)20-19-28-8-5-6-21-37-28)43-22-30-32(40)34(44-25(3)39)33(41)35(42-4)45-30/h5-18,21,30,32-35,40-41H,19-20,22H2,1-4H3/t30-,32-,33-,34+,35+/m1/s1. The number of carbonyl (C=O) groups excluding carboxylic acids is 1. The summed E-state index contributed by atoms with van der Waals surface area (Å²) < 4.78 is 23.5. The van der Waals surface area contributed by atoms with Crippen LogP contribution in [0, 0.1) is 13.8 Å². The van der Waals surface area contributed by atoms with Gasteiger partial charge in [0.25, 0.3) is 0 Å². The van der Waals surface area contributed by atoms with Crippen LogP contribution in [0.5, 0.6) is 0 Å². The minimum absolute atomic E-state index is 0.146. The summed E-state index contributed by atoms with van der Waals surface area (Å²) in [5.74, 6) is -0.644. The van der Waals surface area contributed by atoms with Crippen LogP contribution in [-0.4, -0.2) is 70.6 Å². The summed E-state index contributed by atoms with van der Waals surface area (Å²) in [7, 11) is 1.37. The predicted molar refractivity (Wildman–Crippen MR) is 167 cm³/mol. The number of aliphatic hydroxyl groups is 2. The number of hydrogen-bond acceptors (Lipinski definition) is 9. The van der Waals surface area contributed by atoms with Crippen molar-refractivity contribution in [1.82, 2.24) is 9.97 Å². The molecule has 2 aromatic heterocycles. The zero-order chi connectivity index (χ0) is 32.0. The van der Waals surface area contributed by atoms with Crippen molar-refractivity contribution >= 4 is 5.97 Å². The molecule has 0 aliphatic carbocycles. The first-order valence-corrected chi connectivity index (χ1v) is 15.1. The highest BCUT2D eigenvalue weighted by Gasteiger charge is 2.49. The van der Waals surface area contributed by atoms with Crippen molar-refractivity contribution < 1.29 is 34.0 Å². The SMILES string of the molecule is CO[C@H]1O[C@H](COC(c2ccc(C)cc2)(c2ccc(C)cc2)c2cccc(CCc3ccccn3)n2)[C@@H](O)[C@H](OC(C)=O)[C@H]1O. The molecule has 4 aromatic rings. The average molecular weight is 613 g/mol. The lowest BCUT2D eigenvalue weighted by Gasteiger charge is -2.43. The first-order chi connectivity index (χ1) is 21.7. The lowest BCUT2D eigenvalue weighted by molar-refractivity contribution is -0.301. The van der Waals surface area contributed by atoms with Crippen molar-refractivity contribution in [2.75, 3.05) is 13.7 Å². The monoisotopic (exact) mass is 612 g/mol. The summed E-state index contributed by atoms with van der Waals surface area (Å²) in [6, 6.07) is 27.9. The molecular formula is C36H40N2O7. The number of aliphatic hydroxyl groups excluding tert-OH is 2. The van der Waals surface area contributed by atoms with Crippen molar-refractivity contribution in [3.05, 3.63) is 130 Å². The molecule has 2 aromatic carbocycles. The number of benzene rings is 2. The summed E-state index contributed by atoms with van der Waals surface area (Å²) >= 11 is 0. The van der Waals surface area contributed by atoms with Gasteiger partial charge in [-0.3, -0.25) is 14.8 Å². The van der Waals surface area contributed by atoms with E-state index < -0.39 is 42.3 Å². The summed E-state index contributed by atoms with van der Waals surface area (Å²) in [5, 5.41) is 21.9. The van der Waals surface area contributed by atoms with Crippen molar-refractivity contribution in [2.45, 2.75) is 69.9 Å². The number of rotatable bonds is 11. The first kappa shape index (κ1) is 32.4. The second-order valence-electron chi connectivity index (χ2n) is 11.4. The molecule has 5 atom stereocenters. The van der Waals surface area contributed by atoms with E-state index >= 15 is 0 Å². The summed E-state index contributed by atoms with van der Waals surface area (Å²) in [6.45, 7) is 5.11. The highest BCUT2D eigenvalue weighted by atomic mass is 16.7. The third kappa shape index (κ3) is 7.30. The fraction of sp³-hybridized carbons (Fsp3) is 0.361. The maximum Gasteiger partial charge on any atom is 0.303 e. The molecule has 1 aliphatic heterocycles. The Labute approximate surface area is 263 Å². The minimum atomic E-state index is -1.39. The molecule has 0 radical (unpaired) electrons. The van der Waals surface area contributed by atoms with Crippen molar-refractivity contribution in [1.29, 1.82) is 0 Å². The number of aromatic nitrogens is 2. The summed E-state index contributed by atoms with van der Waals surface area (Å²) in [5.41, 5.74) is 5.11. The van der Waals surface area contributed by atoms with Gasteiger partial charge in [0.1, 0.15) is 18.3 Å². The minimum Gasteiger partial charge on any atom is -0.457 e. The van der Waals surface area contributed by atoms with Crippen LogP contribution in [0.15, 0.2) is 91.1 Å². The van der Waals surface area contributed by atoms with E-state index in [1.165, 1.54) is 14.0 Å². The number of hydrogen-bond donors (Lipinski definition) is 2. The van der Waals surface area contributed by atoms with Gasteiger partial charge in [0.2, 0.25) is 0 Å². The second kappa shape index (κ2) is 14.4. The number of aryl methyl sites for hydroxylation is 4. The van der Waals surface area contributed by atoms with Crippen molar-refractivity contribution in [3.8, 4) is 0 Å². The van der Waals surface area contributed by atoms with Crippen LogP contribution in [-0.2, 0) is 42.2 Å². The molecule has 3 heterocycles. The third-order valence-electron chi connectivity index (χ3n) is 8.09. The molecule has 1 saturated heterocycles. The number of ether oxygens (including phenoxy) is 4. The van der Waals surface area contributed by atoms with Gasteiger partial charge in [-0.15, -0.1) is 0 Å². The maximum absolute atomic E-state index is 11.8. The number of esters is 1. The van der Waals surface area contributed by atoms with Gasteiger partial charge in [0, 0.05) is 31.6 Å². The van der Waals surface area contributed by atoms with E-state index in [4.69, 9.17) is 23.9 Å². The average Bonchev–Trinajstić information content (AvgIpc) is 3.05. The van der Waals surface area contributed by atoms with Crippen LogP contribution in [0.1, 0.15) is 46.3 Å². The van der Waals surface area contributed by atoms with Gasteiger partial charge in [-0.1, -0.05) is 71.8 Å².